The Morgan fingerprint density at radius 3 is 3.05 bits per heavy atom. The molecule has 2 unspecified atom stereocenters. The maximum absolute atomic E-state index is 12.2. The number of hydrogen-bond donors (Lipinski definition) is 1. The monoisotopic (exact) mass is 315 g/mol. The lowest BCUT2D eigenvalue weighted by molar-refractivity contribution is 0.205. The molecule has 2 amide bonds. The second kappa shape index (κ2) is 6.48. The topological polar surface area (TPSA) is 45.2 Å². The zero-order valence-electron chi connectivity index (χ0n) is 13.0. The largest absolute Gasteiger partial charge is 0.337 e. The van der Waals surface area contributed by atoms with Crippen molar-refractivity contribution in [2.75, 3.05) is 20.1 Å². The summed E-state index contributed by atoms with van der Waals surface area (Å²) in [6, 6.07) is 8.45. The van der Waals surface area contributed by atoms with Crippen molar-refractivity contribution in [1.29, 1.82) is 0 Å². The highest BCUT2D eigenvalue weighted by Crippen LogP contribution is 2.34. The van der Waals surface area contributed by atoms with Crippen molar-refractivity contribution in [3.8, 4) is 0 Å². The lowest BCUT2D eigenvalue weighted by Gasteiger charge is -2.31. The van der Waals surface area contributed by atoms with Gasteiger partial charge in [-0.05, 0) is 17.5 Å². The molecule has 116 valence electrons. The van der Waals surface area contributed by atoms with Crippen LogP contribution < -0.4 is 5.32 Å². The van der Waals surface area contributed by atoms with Crippen molar-refractivity contribution in [1.82, 2.24) is 15.2 Å². The molecule has 1 heterocycles. The summed E-state index contributed by atoms with van der Waals surface area (Å²) in [6.45, 7) is 3.50. The van der Waals surface area contributed by atoms with Crippen molar-refractivity contribution in [3.63, 3.8) is 0 Å². The van der Waals surface area contributed by atoms with Crippen molar-refractivity contribution in [2.24, 2.45) is 0 Å². The van der Waals surface area contributed by atoms with Gasteiger partial charge in [-0.3, -0.25) is 0 Å². The predicted octanol–water partition coefficient (Wildman–Crippen LogP) is 3.23. The van der Waals surface area contributed by atoms with E-state index in [0.29, 0.717) is 19.0 Å². The van der Waals surface area contributed by atoms with Crippen LogP contribution in [-0.2, 0) is 6.42 Å². The third-order valence-corrected chi connectivity index (χ3v) is 5.24. The molecule has 2 atom stereocenters. The van der Waals surface area contributed by atoms with E-state index in [9.17, 15) is 4.79 Å². The van der Waals surface area contributed by atoms with Gasteiger partial charge in [-0.1, -0.05) is 31.2 Å². The minimum Gasteiger partial charge on any atom is -0.337 e. The average Bonchev–Trinajstić information content (AvgIpc) is 3.02. The smallest absolute Gasteiger partial charge is 0.317 e. The molecule has 0 saturated heterocycles. The van der Waals surface area contributed by atoms with E-state index in [1.807, 2.05) is 18.6 Å². The van der Waals surface area contributed by atoms with E-state index in [0.717, 1.165) is 11.4 Å². The number of amides is 2. The molecule has 1 aromatic heterocycles. The number of likely N-dealkylation sites (N-methyl/N-ethyl adjacent to an activating group) is 1. The fraction of sp³-hybridized carbons (Fsp3) is 0.412. The third-order valence-electron chi connectivity index (χ3n) is 4.23. The van der Waals surface area contributed by atoms with Gasteiger partial charge in [0.2, 0.25) is 0 Å². The molecule has 5 heteroatoms. The molecule has 0 spiro atoms. The number of nitrogens with one attached hydrogen (secondary N) is 1. The van der Waals surface area contributed by atoms with Crippen molar-refractivity contribution in [2.45, 2.75) is 25.2 Å². The van der Waals surface area contributed by atoms with E-state index in [1.165, 1.54) is 11.1 Å². The Hall–Kier alpha value is -1.88. The summed E-state index contributed by atoms with van der Waals surface area (Å²) < 4.78 is 0. The van der Waals surface area contributed by atoms with Crippen LogP contribution in [0.25, 0.3) is 0 Å². The molecule has 22 heavy (non-hydrogen) atoms. The van der Waals surface area contributed by atoms with Crippen molar-refractivity contribution >= 4 is 17.4 Å². The molecule has 4 nitrogen and oxygen atoms in total. The maximum Gasteiger partial charge on any atom is 0.317 e. The summed E-state index contributed by atoms with van der Waals surface area (Å²) >= 11 is 1.64. The van der Waals surface area contributed by atoms with Crippen LogP contribution in [-0.4, -0.2) is 36.1 Å². The molecule has 0 saturated carbocycles. The van der Waals surface area contributed by atoms with Gasteiger partial charge in [0, 0.05) is 43.5 Å². The van der Waals surface area contributed by atoms with E-state index >= 15 is 0 Å². The first-order valence-corrected chi connectivity index (χ1v) is 8.49. The first-order valence-electron chi connectivity index (χ1n) is 7.61. The van der Waals surface area contributed by atoms with Gasteiger partial charge < -0.3 is 10.2 Å². The van der Waals surface area contributed by atoms with Gasteiger partial charge in [0.05, 0.1) is 5.01 Å². The van der Waals surface area contributed by atoms with Gasteiger partial charge >= 0.3 is 6.03 Å². The first-order chi connectivity index (χ1) is 10.6. The number of hydrogen-bond acceptors (Lipinski definition) is 3. The van der Waals surface area contributed by atoms with Crippen LogP contribution in [0.5, 0.6) is 0 Å². The molecule has 2 aromatic rings. The van der Waals surface area contributed by atoms with Crippen LogP contribution in [0, 0.1) is 0 Å². The minimum atomic E-state index is -0.00668. The molecule has 0 radical (unpaired) electrons. The van der Waals surface area contributed by atoms with Crippen molar-refractivity contribution in [3.05, 3.63) is 52.0 Å². The number of rotatable bonds is 5. The van der Waals surface area contributed by atoms with Gasteiger partial charge in [-0.15, -0.1) is 11.3 Å². The van der Waals surface area contributed by atoms with E-state index in [2.05, 4.69) is 41.5 Å². The van der Waals surface area contributed by atoms with Crippen LogP contribution >= 0.6 is 11.3 Å². The first kappa shape index (κ1) is 15.0. The van der Waals surface area contributed by atoms with Gasteiger partial charge in [0.15, 0.2) is 0 Å². The number of aromatic nitrogens is 1. The highest BCUT2D eigenvalue weighted by molar-refractivity contribution is 7.09. The number of fused-ring (bicyclic) bond motifs is 1. The lowest BCUT2D eigenvalue weighted by Crippen LogP contribution is -2.42. The van der Waals surface area contributed by atoms with Crippen LogP contribution in [0.3, 0.4) is 0 Å². The van der Waals surface area contributed by atoms with Crippen LogP contribution in [0.2, 0.25) is 0 Å². The minimum absolute atomic E-state index is 0.00668. The lowest BCUT2D eigenvalue weighted by atomic mass is 9.78. The van der Waals surface area contributed by atoms with E-state index < -0.39 is 0 Å². The number of urea groups is 1. The molecule has 1 aromatic carbocycles. The van der Waals surface area contributed by atoms with Crippen molar-refractivity contribution < 1.29 is 4.79 Å². The fourth-order valence-corrected chi connectivity index (χ4v) is 3.63. The Bertz CT molecular complexity index is 641. The molecule has 1 aliphatic rings. The number of benzene rings is 1. The summed E-state index contributed by atoms with van der Waals surface area (Å²) in [5.41, 5.74) is 2.79. The Morgan fingerprint density at radius 1 is 1.50 bits per heavy atom. The maximum atomic E-state index is 12.2. The number of thiazole rings is 1. The molecule has 1 aliphatic carbocycles. The fourth-order valence-electron chi connectivity index (χ4n) is 2.94. The zero-order valence-corrected chi connectivity index (χ0v) is 13.8. The molecule has 1 N–H and O–H groups in total. The Kier molecular flexibility index (Phi) is 4.43. The molecular weight excluding hydrogens is 294 g/mol. The molecule has 0 fully saturated rings. The molecule has 3 rings (SSSR count). The van der Waals surface area contributed by atoms with Gasteiger partial charge in [0.1, 0.15) is 0 Å². The quantitative estimate of drug-likeness (QED) is 0.921. The highest BCUT2D eigenvalue weighted by atomic mass is 32.1. The zero-order chi connectivity index (χ0) is 15.5. The Morgan fingerprint density at radius 2 is 2.32 bits per heavy atom. The number of carbonyl (C=O) groups excluding carboxylic acids is 1. The van der Waals surface area contributed by atoms with E-state index in [-0.39, 0.29) is 11.9 Å². The SMILES string of the molecule is CC(CN(C)C(=O)NCC1Cc2ccccc21)c1nccs1. The Labute approximate surface area is 135 Å². The number of carbonyl (C=O) groups is 1. The third kappa shape index (κ3) is 3.14. The van der Waals surface area contributed by atoms with E-state index in [1.54, 1.807) is 16.2 Å². The van der Waals surface area contributed by atoms with Crippen LogP contribution in [0.15, 0.2) is 35.8 Å². The summed E-state index contributed by atoms with van der Waals surface area (Å²) in [4.78, 5) is 18.3. The second-order valence-electron chi connectivity index (χ2n) is 5.94. The van der Waals surface area contributed by atoms with Gasteiger partial charge in [0.25, 0.3) is 0 Å². The van der Waals surface area contributed by atoms with Crippen LogP contribution in [0.4, 0.5) is 4.79 Å². The summed E-state index contributed by atoms with van der Waals surface area (Å²) in [5, 5.41) is 6.09. The average molecular weight is 315 g/mol. The summed E-state index contributed by atoms with van der Waals surface area (Å²) in [6.07, 6.45) is 2.88. The Balaban J connectivity index is 1.46. The molecule has 0 aliphatic heterocycles. The predicted molar refractivity (Wildman–Crippen MR) is 89.4 cm³/mol. The standard InChI is InChI=1S/C17H21N3OS/c1-12(16-18-7-8-22-16)11-20(2)17(21)19-10-14-9-13-5-3-4-6-15(13)14/h3-8,12,14H,9-11H2,1-2H3,(H,19,21). The second-order valence-corrected chi connectivity index (χ2v) is 6.86. The summed E-state index contributed by atoms with van der Waals surface area (Å²) in [7, 11) is 1.84. The normalized spacial score (nSPS) is 17.3. The molecule has 0 bridgehead atoms. The molecular formula is C17H21N3OS. The van der Waals surface area contributed by atoms with Gasteiger partial charge in [-0.2, -0.15) is 0 Å². The van der Waals surface area contributed by atoms with Crippen LogP contribution in [0.1, 0.15) is 34.9 Å². The van der Waals surface area contributed by atoms with E-state index in [4.69, 9.17) is 0 Å². The number of nitrogens with zero attached hydrogens (tertiary/aromatic N) is 2. The summed E-state index contributed by atoms with van der Waals surface area (Å²) in [5.74, 6) is 0.727. The van der Waals surface area contributed by atoms with Gasteiger partial charge in [-0.25, -0.2) is 9.78 Å². The highest BCUT2D eigenvalue weighted by Gasteiger charge is 2.26.